The summed E-state index contributed by atoms with van der Waals surface area (Å²) in [6, 6.07) is -1.95. The Balaban J connectivity index is 4.69. The molecule has 0 aromatic carbocycles. The number of hydrogen-bond donors (Lipinski definition) is 5. The number of hydrogen-bond acceptors (Lipinski definition) is 6. The Bertz CT molecular complexity index is 1170. The summed E-state index contributed by atoms with van der Waals surface area (Å²) >= 11 is 0. The van der Waals surface area contributed by atoms with Gasteiger partial charge in [0.25, 0.3) is 0 Å². The Labute approximate surface area is 400 Å². The molecule has 3 atom stereocenters. The van der Waals surface area contributed by atoms with Crippen LogP contribution in [0.5, 0.6) is 0 Å². The van der Waals surface area contributed by atoms with Crippen molar-refractivity contribution in [2.75, 3.05) is 6.54 Å². The highest BCUT2D eigenvalue weighted by Crippen LogP contribution is 2.20. The van der Waals surface area contributed by atoms with Gasteiger partial charge in [-0.15, -0.1) is 0 Å². The standard InChI is InChI=1S/C55H105N5O5/c1-3-5-7-9-11-13-15-17-19-21-23-25-27-29-31-33-35-37-39-41-44-49(43-40-38-36-34-32-30-28-26-24-22-20-18-16-14-12-10-8-6-4-2)65-54(64)51(46-47-52(61)62)60-53(63)50(56)45-42-48-59-55(57)58/h19-22,49-51H,3-18,23-48,56H2,1-2H3,(H,60,63)(H,61,62)(H4,57,58,59)/b21-19-,22-20-. The topological polar surface area (TPSA) is 183 Å². The SMILES string of the molecule is CCCCCCCCC/C=C\CCCCCCCCCCCC(CCCCCCCCCC/C=C\CCCCCCCCC)OC(=O)C(CCC(=O)O)NC(=O)C(N)CCCN=C(N)N. The van der Waals surface area contributed by atoms with Gasteiger partial charge in [-0.1, -0.05) is 199 Å². The number of guanidine groups is 1. The highest BCUT2D eigenvalue weighted by atomic mass is 16.5. The third-order valence-electron chi connectivity index (χ3n) is 12.7. The number of amides is 1. The van der Waals surface area contributed by atoms with E-state index < -0.39 is 29.9 Å². The number of rotatable bonds is 50. The molecule has 0 saturated carbocycles. The maximum Gasteiger partial charge on any atom is 0.328 e. The second-order valence-electron chi connectivity index (χ2n) is 19.0. The zero-order chi connectivity index (χ0) is 47.7. The van der Waals surface area contributed by atoms with E-state index in [2.05, 4.69) is 48.5 Å². The fourth-order valence-electron chi connectivity index (χ4n) is 8.43. The van der Waals surface area contributed by atoms with Crippen molar-refractivity contribution in [3.05, 3.63) is 24.3 Å². The van der Waals surface area contributed by atoms with Crippen molar-refractivity contribution < 1.29 is 24.2 Å². The second-order valence-corrected chi connectivity index (χ2v) is 19.0. The van der Waals surface area contributed by atoms with Gasteiger partial charge in [-0.05, 0) is 96.3 Å². The lowest BCUT2D eigenvalue weighted by Gasteiger charge is -2.24. The van der Waals surface area contributed by atoms with Crippen molar-refractivity contribution >= 4 is 23.8 Å². The zero-order valence-electron chi connectivity index (χ0n) is 42.5. The molecule has 380 valence electrons. The van der Waals surface area contributed by atoms with E-state index in [0.717, 1.165) is 38.5 Å². The van der Waals surface area contributed by atoms with Crippen molar-refractivity contribution in [2.24, 2.45) is 22.2 Å². The number of aliphatic imine (C=N–C) groups is 1. The van der Waals surface area contributed by atoms with E-state index in [1.807, 2.05) is 0 Å². The number of nitrogens with one attached hydrogen (secondary N) is 1. The number of ether oxygens (including phenoxy) is 1. The largest absolute Gasteiger partial charge is 0.481 e. The Morgan fingerprint density at radius 3 is 1.22 bits per heavy atom. The summed E-state index contributed by atoms with van der Waals surface area (Å²) in [6.07, 6.45) is 55.9. The summed E-state index contributed by atoms with van der Waals surface area (Å²) in [7, 11) is 0. The van der Waals surface area contributed by atoms with E-state index in [1.165, 1.54) is 199 Å². The molecular formula is C55H105N5O5. The molecule has 0 rings (SSSR count). The number of esters is 1. The van der Waals surface area contributed by atoms with E-state index in [-0.39, 0.29) is 24.9 Å². The monoisotopic (exact) mass is 916 g/mol. The molecule has 8 N–H and O–H groups in total. The van der Waals surface area contributed by atoms with Crippen LogP contribution in [0.1, 0.15) is 277 Å². The van der Waals surface area contributed by atoms with E-state index in [1.54, 1.807) is 0 Å². The summed E-state index contributed by atoms with van der Waals surface area (Å²) in [5.41, 5.74) is 16.9. The van der Waals surface area contributed by atoms with Gasteiger partial charge in [0, 0.05) is 13.0 Å². The second kappa shape index (κ2) is 49.0. The smallest absolute Gasteiger partial charge is 0.328 e. The van der Waals surface area contributed by atoms with Gasteiger partial charge < -0.3 is 32.4 Å². The number of carboxylic acids is 1. The number of unbranched alkanes of at least 4 members (excludes halogenated alkanes) is 31. The molecule has 10 nitrogen and oxygen atoms in total. The molecule has 0 aliphatic carbocycles. The van der Waals surface area contributed by atoms with E-state index in [0.29, 0.717) is 19.4 Å². The highest BCUT2D eigenvalue weighted by Gasteiger charge is 2.27. The first kappa shape index (κ1) is 62.1. The Morgan fingerprint density at radius 2 is 0.862 bits per heavy atom. The number of carbonyl (C=O) groups excluding carboxylic acids is 2. The Morgan fingerprint density at radius 1 is 0.508 bits per heavy atom. The molecule has 0 aliphatic heterocycles. The lowest BCUT2D eigenvalue weighted by Crippen LogP contribution is -2.49. The van der Waals surface area contributed by atoms with Crippen LogP contribution in [0.15, 0.2) is 29.3 Å². The van der Waals surface area contributed by atoms with Gasteiger partial charge in [-0.25, -0.2) is 4.79 Å². The lowest BCUT2D eigenvalue weighted by molar-refractivity contribution is -0.154. The molecule has 0 fully saturated rings. The van der Waals surface area contributed by atoms with Gasteiger partial charge in [0.05, 0.1) is 6.04 Å². The molecule has 0 aliphatic rings. The summed E-state index contributed by atoms with van der Waals surface area (Å²) in [5.74, 6) is -2.16. The van der Waals surface area contributed by atoms with Crippen molar-refractivity contribution in [2.45, 2.75) is 295 Å². The first-order valence-corrected chi connectivity index (χ1v) is 27.5. The minimum Gasteiger partial charge on any atom is -0.481 e. The van der Waals surface area contributed by atoms with Crippen LogP contribution in [-0.4, -0.2) is 53.6 Å². The van der Waals surface area contributed by atoms with Gasteiger partial charge in [-0.2, -0.15) is 0 Å². The average molecular weight is 916 g/mol. The maximum absolute atomic E-state index is 13.5. The average Bonchev–Trinajstić information content (AvgIpc) is 3.28. The normalized spacial score (nSPS) is 13.0. The number of allylic oxidation sites excluding steroid dienone is 4. The molecule has 0 bridgehead atoms. The molecule has 3 unspecified atom stereocenters. The summed E-state index contributed by atoms with van der Waals surface area (Å²) in [4.78, 5) is 41.9. The molecule has 0 spiro atoms. The molecular weight excluding hydrogens is 811 g/mol. The highest BCUT2D eigenvalue weighted by molar-refractivity contribution is 5.87. The number of nitrogens with zero attached hydrogens (tertiary/aromatic N) is 1. The van der Waals surface area contributed by atoms with E-state index in [4.69, 9.17) is 21.9 Å². The van der Waals surface area contributed by atoms with Gasteiger partial charge >= 0.3 is 11.9 Å². The van der Waals surface area contributed by atoms with Crippen LogP contribution in [0.3, 0.4) is 0 Å². The van der Waals surface area contributed by atoms with Crippen LogP contribution >= 0.6 is 0 Å². The quantitative estimate of drug-likeness (QED) is 0.0131. The van der Waals surface area contributed by atoms with Crippen molar-refractivity contribution in [3.63, 3.8) is 0 Å². The Kier molecular flexibility index (Phi) is 46.9. The van der Waals surface area contributed by atoms with Gasteiger partial charge in [-0.3, -0.25) is 14.6 Å². The van der Waals surface area contributed by atoms with Crippen LogP contribution in [0.2, 0.25) is 0 Å². The molecule has 0 radical (unpaired) electrons. The molecule has 0 saturated heterocycles. The Hall–Kier alpha value is -2.88. The van der Waals surface area contributed by atoms with Gasteiger partial charge in [0.15, 0.2) is 5.96 Å². The van der Waals surface area contributed by atoms with Crippen LogP contribution < -0.4 is 22.5 Å². The lowest BCUT2D eigenvalue weighted by atomic mass is 10.0. The minimum absolute atomic E-state index is 0.0269. The van der Waals surface area contributed by atoms with E-state index >= 15 is 0 Å². The zero-order valence-corrected chi connectivity index (χ0v) is 42.5. The molecule has 65 heavy (non-hydrogen) atoms. The first-order chi connectivity index (χ1) is 31.7. The number of carbonyl (C=O) groups is 3. The molecule has 0 aromatic heterocycles. The van der Waals surface area contributed by atoms with E-state index in [9.17, 15) is 19.5 Å². The maximum atomic E-state index is 13.5. The third-order valence-corrected chi connectivity index (χ3v) is 12.7. The fraction of sp³-hybridized carbons (Fsp3) is 0.855. The van der Waals surface area contributed by atoms with Gasteiger partial charge in [0.2, 0.25) is 5.91 Å². The van der Waals surface area contributed by atoms with Crippen molar-refractivity contribution in [1.29, 1.82) is 0 Å². The summed E-state index contributed by atoms with van der Waals surface area (Å²) in [6.45, 7) is 4.88. The van der Waals surface area contributed by atoms with Crippen LogP contribution in [0, 0.1) is 0 Å². The minimum atomic E-state index is -1.07. The predicted molar refractivity (Wildman–Crippen MR) is 277 cm³/mol. The number of nitrogens with two attached hydrogens (primary N) is 3. The van der Waals surface area contributed by atoms with Crippen LogP contribution in [0.25, 0.3) is 0 Å². The predicted octanol–water partition coefficient (Wildman–Crippen LogP) is 14.2. The molecule has 10 heteroatoms. The van der Waals surface area contributed by atoms with Crippen LogP contribution in [0.4, 0.5) is 0 Å². The number of carboxylic acid groups (broad SMARTS) is 1. The van der Waals surface area contributed by atoms with Crippen LogP contribution in [-0.2, 0) is 19.1 Å². The van der Waals surface area contributed by atoms with Gasteiger partial charge in [0.1, 0.15) is 12.1 Å². The molecule has 1 amide bonds. The molecule has 0 heterocycles. The summed E-state index contributed by atoms with van der Waals surface area (Å²) in [5, 5.41) is 12.1. The first-order valence-electron chi connectivity index (χ1n) is 27.5. The van der Waals surface area contributed by atoms with Crippen molar-refractivity contribution in [1.82, 2.24) is 5.32 Å². The summed E-state index contributed by atoms with van der Waals surface area (Å²) < 4.78 is 6.08. The van der Waals surface area contributed by atoms with Crippen molar-refractivity contribution in [3.8, 4) is 0 Å². The molecule has 0 aromatic rings. The number of aliphatic carboxylic acids is 1. The fourth-order valence-corrected chi connectivity index (χ4v) is 8.43. The third kappa shape index (κ3) is 46.0.